The minimum Gasteiger partial charge on any atom is -0.423 e. The molecule has 2 aromatic carbocycles. The van der Waals surface area contributed by atoms with Crippen molar-refractivity contribution in [2.75, 3.05) is 0 Å². The second-order valence-corrected chi connectivity index (χ2v) is 6.18. The second kappa shape index (κ2) is 5.21. The van der Waals surface area contributed by atoms with Gasteiger partial charge in [0.1, 0.15) is 0 Å². The van der Waals surface area contributed by atoms with E-state index >= 15 is 0 Å². The molecule has 2 N–H and O–H groups in total. The first-order chi connectivity index (χ1) is 10.7. The van der Waals surface area contributed by atoms with Crippen LogP contribution in [0.5, 0.6) is 0 Å². The second-order valence-electron chi connectivity index (χ2n) is 5.13. The van der Waals surface area contributed by atoms with Crippen LogP contribution in [0.25, 0.3) is 31.4 Å². The van der Waals surface area contributed by atoms with Gasteiger partial charge in [-0.1, -0.05) is 30.3 Å². The van der Waals surface area contributed by atoms with E-state index in [2.05, 4.69) is 17.1 Å². The third-order valence-electron chi connectivity index (χ3n) is 3.75. The summed E-state index contributed by atoms with van der Waals surface area (Å²) in [6.07, 6.45) is 1.74. The Morgan fingerprint density at radius 3 is 2.50 bits per heavy atom. The summed E-state index contributed by atoms with van der Waals surface area (Å²) in [5, 5.41) is 21.7. The molecule has 0 saturated carbocycles. The molecule has 2 heterocycles. The summed E-state index contributed by atoms with van der Waals surface area (Å²) in [5.74, 6) is 0. The van der Waals surface area contributed by atoms with Crippen molar-refractivity contribution in [3.8, 4) is 11.3 Å². The van der Waals surface area contributed by atoms with Crippen LogP contribution in [0.15, 0.2) is 60.8 Å². The van der Waals surface area contributed by atoms with Gasteiger partial charge in [0.25, 0.3) is 0 Å². The number of hydrogen-bond donors (Lipinski definition) is 2. The van der Waals surface area contributed by atoms with Crippen LogP contribution >= 0.6 is 11.3 Å². The fourth-order valence-electron chi connectivity index (χ4n) is 2.73. The number of benzene rings is 2. The van der Waals surface area contributed by atoms with Gasteiger partial charge in [0, 0.05) is 37.4 Å². The maximum atomic E-state index is 9.76. The third-order valence-corrected chi connectivity index (χ3v) is 4.98. The quantitative estimate of drug-likeness (QED) is 0.560. The molecule has 22 heavy (non-hydrogen) atoms. The van der Waals surface area contributed by atoms with Crippen LogP contribution in [0, 0.1) is 0 Å². The molecular formula is C17H12BNO2S. The van der Waals surface area contributed by atoms with Crippen molar-refractivity contribution in [2.45, 2.75) is 0 Å². The normalized spacial score (nSPS) is 11.2. The number of pyridine rings is 1. The van der Waals surface area contributed by atoms with Gasteiger partial charge in [0.15, 0.2) is 0 Å². The van der Waals surface area contributed by atoms with Crippen LogP contribution < -0.4 is 5.46 Å². The molecule has 0 saturated heterocycles. The molecule has 0 aliphatic heterocycles. The van der Waals surface area contributed by atoms with Crippen LogP contribution in [0.1, 0.15) is 0 Å². The van der Waals surface area contributed by atoms with Gasteiger partial charge in [-0.15, -0.1) is 11.3 Å². The Hall–Kier alpha value is -2.21. The molecule has 0 fully saturated rings. The Balaban J connectivity index is 2.10. The van der Waals surface area contributed by atoms with E-state index in [0.29, 0.717) is 5.46 Å². The minimum absolute atomic E-state index is 0.527. The average molecular weight is 305 g/mol. The lowest BCUT2D eigenvalue weighted by Crippen LogP contribution is -2.30. The molecule has 0 spiro atoms. The molecule has 4 aromatic rings. The predicted octanol–water partition coefficient (Wildman–Crippen LogP) is 2.80. The van der Waals surface area contributed by atoms with Gasteiger partial charge >= 0.3 is 7.12 Å². The fraction of sp³-hybridized carbons (Fsp3) is 0. The highest BCUT2D eigenvalue weighted by Crippen LogP contribution is 2.35. The van der Waals surface area contributed by atoms with E-state index in [-0.39, 0.29) is 0 Å². The zero-order valence-corrected chi connectivity index (χ0v) is 12.4. The maximum absolute atomic E-state index is 9.76. The number of fused-ring (bicyclic) bond motifs is 3. The Morgan fingerprint density at radius 1 is 0.909 bits per heavy atom. The number of nitrogens with zero attached hydrogens (tertiary/aromatic N) is 1. The third kappa shape index (κ3) is 2.11. The standard InChI is InChI=1S/C17H12BNO2S/c20-18(21)14-10-11(15-6-3-4-8-19-15)9-13-12-5-1-2-7-16(12)22-17(13)14/h1-10,20-21H. The van der Waals surface area contributed by atoms with Crippen molar-refractivity contribution < 1.29 is 10.0 Å². The van der Waals surface area contributed by atoms with E-state index in [4.69, 9.17) is 0 Å². The van der Waals surface area contributed by atoms with Gasteiger partial charge in [-0.2, -0.15) is 0 Å². The molecule has 0 radical (unpaired) electrons. The topological polar surface area (TPSA) is 53.4 Å². The van der Waals surface area contributed by atoms with E-state index in [1.807, 2.05) is 42.5 Å². The number of rotatable bonds is 2. The molecule has 3 nitrogen and oxygen atoms in total. The summed E-state index contributed by atoms with van der Waals surface area (Å²) in [6, 6.07) is 17.7. The van der Waals surface area contributed by atoms with Crippen molar-refractivity contribution in [1.82, 2.24) is 4.98 Å². The molecule has 0 unspecified atom stereocenters. The van der Waals surface area contributed by atoms with E-state index in [1.165, 1.54) is 0 Å². The Morgan fingerprint density at radius 2 is 1.73 bits per heavy atom. The highest BCUT2D eigenvalue weighted by atomic mass is 32.1. The summed E-state index contributed by atoms with van der Waals surface area (Å²) < 4.78 is 2.05. The molecule has 5 heteroatoms. The molecule has 4 rings (SSSR count). The van der Waals surface area contributed by atoms with E-state index in [9.17, 15) is 10.0 Å². The monoisotopic (exact) mass is 305 g/mol. The Labute approximate surface area is 131 Å². The minimum atomic E-state index is -1.50. The first-order valence-corrected chi connectivity index (χ1v) is 7.78. The summed E-state index contributed by atoms with van der Waals surface area (Å²) in [6.45, 7) is 0. The Bertz CT molecular complexity index is 966. The van der Waals surface area contributed by atoms with E-state index in [1.54, 1.807) is 17.5 Å². The van der Waals surface area contributed by atoms with Crippen molar-refractivity contribution in [3.63, 3.8) is 0 Å². The lowest BCUT2D eigenvalue weighted by Gasteiger charge is -2.07. The van der Waals surface area contributed by atoms with Crippen LogP contribution in [0.3, 0.4) is 0 Å². The summed E-state index contributed by atoms with van der Waals surface area (Å²) in [5.41, 5.74) is 2.24. The van der Waals surface area contributed by atoms with Crippen molar-refractivity contribution in [2.24, 2.45) is 0 Å². The van der Waals surface area contributed by atoms with Gasteiger partial charge in [0.05, 0.1) is 5.69 Å². The summed E-state index contributed by atoms with van der Waals surface area (Å²) in [4.78, 5) is 4.36. The first-order valence-electron chi connectivity index (χ1n) is 6.97. The highest BCUT2D eigenvalue weighted by molar-refractivity contribution is 7.27. The lowest BCUT2D eigenvalue weighted by atomic mass is 9.78. The van der Waals surface area contributed by atoms with Crippen molar-refractivity contribution in [1.29, 1.82) is 0 Å². The van der Waals surface area contributed by atoms with E-state index < -0.39 is 7.12 Å². The largest absolute Gasteiger partial charge is 0.489 e. The first kappa shape index (κ1) is 13.5. The van der Waals surface area contributed by atoms with Crippen molar-refractivity contribution >= 4 is 44.1 Å². The van der Waals surface area contributed by atoms with Gasteiger partial charge in [-0.25, -0.2) is 0 Å². The molecule has 0 amide bonds. The van der Waals surface area contributed by atoms with E-state index in [0.717, 1.165) is 31.4 Å². The predicted molar refractivity (Wildman–Crippen MR) is 92.4 cm³/mol. The smallest absolute Gasteiger partial charge is 0.423 e. The van der Waals surface area contributed by atoms with Crippen LogP contribution in [0.2, 0.25) is 0 Å². The molecule has 2 aromatic heterocycles. The molecule has 106 valence electrons. The number of hydrogen-bond acceptors (Lipinski definition) is 4. The molecule has 0 aliphatic carbocycles. The molecule has 0 aliphatic rings. The van der Waals surface area contributed by atoms with Gasteiger partial charge in [-0.3, -0.25) is 4.98 Å². The summed E-state index contributed by atoms with van der Waals surface area (Å²) >= 11 is 1.58. The average Bonchev–Trinajstić information content (AvgIpc) is 2.93. The van der Waals surface area contributed by atoms with Gasteiger partial charge in [0.2, 0.25) is 0 Å². The number of thiophene rings is 1. The highest BCUT2D eigenvalue weighted by Gasteiger charge is 2.19. The van der Waals surface area contributed by atoms with Gasteiger partial charge < -0.3 is 10.0 Å². The van der Waals surface area contributed by atoms with Gasteiger partial charge in [-0.05, 0) is 24.3 Å². The Kier molecular flexibility index (Phi) is 3.19. The van der Waals surface area contributed by atoms with Crippen LogP contribution in [0.4, 0.5) is 0 Å². The number of aromatic nitrogens is 1. The lowest BCUT2D eigenvalue weighted by molar-refractivity contribution is 0.426. The fourth-order valence-corrected chi connectivity index (χ4v) is 3.94. The molecular weight excluding hydrogens is 293 g/mol. The van der Waals surface area contributed by atoms with Crippen LogP contribution in [-0.4, -0.2) is 22.2 Å². The summed E-state index contributed by atoms with van der Waals surface area (Å²) in [7, 11) is -1.50. The zero-order valence-electron chi connectivity index (χ0n) is 11.6. The zero-order chi connectivity index (χ0) is 15.1. The molecule has 0 bridgehead atoms. The SMILES string of the molecule is OB(O)c1cc(-c2ccccn2)cc2c1sc1ccccc12. The van der Waals surface area contributed by atoms with Crippen LogP contribution in [-0.2, 0) is 0 Å². The van der Waals surface area contributed by atoms with Crippen molar-refractivity contribution in [3.05, 3.63) is 60.8 Å². The maximum Gasteiger partial charge on any atom is 0.489 e. The molecule has 0 atom stereocenters.